The highest BCUT2D eigenvalue weighted by Crippen LogP contribution is 2.29. The van der Waals surface area contributed by atoms with Gasteiger partial charge in [-0.1, -0.05) is 37.3 Å². The van der Waals surface area contributed by atoms with Crippen molar-refractivity contribution in [3.8, 4) is 0 Å². The molecule has 0 spiro atoms. The van der Waals surface area contributed by atoms with E-state index in [0.717, 1.165) is 54.8 Å². The Morgan fingerprint density at radius 2 is 1.74 bits per heavy atom. The highest BCUT2D eigenvalue weighted by molar-refractivity contribution is 6.00. The van der Waals surface area contributed by atoms with E-state index in [1.165, 1.54) is 5.56 Å². The van der Waals surface area contributed by atoms with Crippen LogP contribution in [-0.2, 0) is 11.2 Å². The summed E-state index contributed by atoms with van der Waals surface area (Å²) in [5.74, 6) is 0.287. The van der Waals surface area contributed by atoms with E-state index in [2.05, 4.69) is 34.1 Å². The number of hydrogen-bond acceptors (Lipinski definition) is 4. The van der Waals surface area contributed by atoms with E-state index in [4.69, 9.17) is 0 Å². The molecule has 1 aromatic heterocycles. The van der Waals surface area contributed by atoms with Crippen molar-refractivity contribution >= 4 is 28.3 Å². The van der Waals surface area contributed by atoms with E-state index in [1.807, 2.05) is 36.1 Å². The second-order valence-corrected chi connectivity index (χ2v) is 8.19. The maximum Gasteiger partial charge on any atom is 0.222 e. The molecule has 1 aliphatic rings. The van der Waals surface area contributed by atoms with Crippen LogP contribution in [0, 0.1) is 0 Å². The SMILES string of the molecule is CCCC(=O)N1CCN(c2ccc3ncc(C(C)=O)c(Cc4ccccc4)c3c2)CC1. The molecule has 0 unspecified atom stereocenters. The van der Waals surface area contributed by atoms with Crippen LogP contribution in [0.1, 0.15) is 48.2 Å². The van der Waals surface area contributed by atoms with Gasteiger partial charge in [0.2, 0.25) is 5.91 Å². The van der Waals surface area contributed by atoms with Crippen LogP contribution in [0.5, 0.6) is 0 Å². The van der Waals surface area contributed by atoms with Gasteiger partial charge in [-0.25, -0.2) is 0 Å². The van der Waals surface area contributed by atoms with Crippen LogP contribution < -0.4 is 4.90 Å². The number of piperazine rings is 1. The van der Waals surface area contributed by atoms with Crippen LogP contribution in [0.4, 0.5) is 5.69 Å². The molecule has 5 nitrogen and oxygen atoms in total. The number of hydrogen-bond donors (Lipinski definition) is 0. The van der Waals surface area contributed by atoms with Gasteiger partial charge in [0.25, 0.3) is 0 Å². The third-order valence-electron chi connectivity index (χ3n) is 6.03. The predicted molar refractivity (Wildman–Crippen MR) is 125 cm³/mol. The Bertz CT molecular complexity index is 1090. The molecular formula is C26H29N3O2. The lowest BCUT2D eigenvalue weighted by Crippen LogP contribution is -2.48. The van der Waals surface area contributed by atoms with Crippen molar-refractivity contribution in [2.24, 2.45) is 0 Å². The molecule has 0 atom stereocenters. The van der Waals surface area contributed by atoms with Crippen molar-refractivity contribution in [2.75, 3.05) is 31.1 Å². The first kappa shape index (κ1) is 21.0. The normalized spacial score (nSPS) is 14.1. The van der Waals surface area contributed by atoms with Gasteiger partial charge in [-0.15, -0.1) is 0 Å². The maximum atomic E-state index is 12.4. The van der Waals surface area contributed by atoms with Gasteiger partial charge in [0.15, 0.2) is 5.78 Å². The van der Waals surface area contributed by atoms with Crippen LogP contribution in [0.15, 0.2) is 54.7 Å². The quantitative estimate of drug-likeness (QED) is 0.557. The van der Waals surface area contributed by atoms with E-state index in [1.54, 1.807) is 13.1 Å². The minimum Gasteiger partial charge on any atom is -0.368 e. The summed E-state index contributed by atoms with van der Waals surface area (Å²) in [6.45, 7) is 6.77. The van der Waals surface area contributed by atoms with E-state index < -0.39 is 0 Å². The number of pyridine rings is 1. The van der Waals surface area contributed by atoms with Gasteiger partial charge in [0.1, 0.15) is 0 Å². The number of amides is 1. The lowest BCUT2D eigenvalue weighted by atomic mass is 9.94. The van der Waals surface area contributed by atoms with Crippen LogP contribution in [0.3, 0.4) is 0 Å². The second-order valence-electron chi connectivity index (χ2n) is 8.19. The summed E-state index contributed by atoms with van der Waals surface area (Å²) < 4.78 is 0. The average Bonchev–Trinajstić information content (AvgIpc) is 2.80. The number of aromatic nitrogens is 1. The standard InChI is InChI=1S/C26H29N3O2/c1-3-7-26(31)29-14-12-28(13-15-29)21-10-11-25-23(17-21)22(24(18-27-25)19(2)30)16-20-8-5-4-6-9-20/h4-6,8-11,17-18H,3,7,12-16H2,1-2H3. The number of carbonyl (C=O) groups is 2. The third-order valence-corrected chi connectivity index (χ3v) is 6.03. The topological polar surface area (TPSA) is 53.5 Å². The Morgan fingerprint density at radius 3 is 2.42 bits per heavy atom. The number of rotatable bonds is 6. The third kappa shape index (κ3) is 4.61. The number of fused-ring (bicyclic) bond motifs is 1. The number of nitrogens with zero attached hydrogens (tertiary/aromatic N) is 3. The first-order valence-corrected chi connectivity index (χ1v) is 11.1. The van der Waals surface area contributed by atoms with Crippen molar-refractivity contribution in [2.45, 2.75) is 33.1 Å². The van der Waals surface area contributed by atoms with Gasteiger partial charge in [-0.2, -0.15) is 0 Å². The molecule has 2 heterocycles. The molecule has 1 aliphatic heterocycles. The fraction of sp³-hybridized carbons (Fsp3) is 0.346. The van der Waals surface area contributed by atoms with Gasteiger partial charge in [0.05, 0.1) is 5.52 Å². The second kappa shape index (κ2) is 9.29. The Morgan fingerprint density at radius 1 is 1.00 bits per heavy atom. The maximum absolute atomic E-state index is 12.4. The molecule has 4 rings (SSSR count). The summed E-state index contributed by atoms with van der Waals surface area (Å²) in [7, 11) is 0. The molecule has 31 heavy (non-hydrogen) atoms. The molecule has 3 aromatic rings. The van der Waals surface area contributed by atoms with Gasteiger partial charge in [-0.3, -0.25) is 14.6 Å². The highest BCUT2D eigenvalue weighted by Gasteiger charge is 2.21. The van der Waals surface area contributed by atoms with Crippen LogP contribution >= 0.6 is 0 Å². The Labute approximate surface area is 183 Å². The van der Waals surface area contributed by atoms with Gasteiger partial charge in [0, 0.05) is 55.4 Å². The van der Waals surface area contributed by atoms with E-state index in [-0.39, 0.29) is 11.7 Å². The van der Waals surface area contributed by atoms with Crippen LogP contribution in [-0.4, -0.2) is 47.8 Å². The summed E-state index contributed by atoms with van der Waals surface area (Å²) in [5, 5.41) is 1.03. The number of anilines is 1. The minimum absolute atomic E-state index is 0.0359. The lowest BCUT2D eigenvalue weighted by Gasteiger charge is -2.36. The van der Waals surface area contributed by atoms with Gasteiger partial charge < -0.3 is 9.80 Å². The van der Waals surface area contributed by atoms with Crippen molar-refractivity contribution < 1.29 is 9.59 Å². The Balaban J connectivity index is 1.66. The molecule has 0 N–H and O–H groups in total. The summed E-state index contributed by atoms with van der Waals surface area (Å²) in [5.41, 5.74) is 4.90. The molecule has 0 bridgehead atoms. The van der Waals surface area contributed by atoms with Gasteiger partial charge in [-0.05, 0) is 49.1 Å². The first-order valence-electron chi connectivity index (χ1n) is 11.1. The molecule has 1 saturated heterocycles. The number of ketones is 1. The molecule has 160 valence electrons. The summed E-state index contributed by atoms with van der Waals surface area (Å²) in [6.07, 6.45) is 3.91. The van der Waals surface area contributed by atoms with Crippen molar-refractivity contribution in [1.29, 1.82) is 0 Å². The summed E-state index contributed by atoms with van der Waals surface area (Å²) in [6, 6.07) is 16.5. The number of Topliss-reactive ketones (excluding diaryl/α,β-unsaturated/α-hetero) is 1. The zero-order chi connectivity index (χ0) is 21.8. The zero-order valence-electron chi connectivity index (χ0n) is 18.3. The minimum atomic E-state index is 0.0359. The number of carbonyl (C=O) groups excluding carboxylic acids is 2. The van der Waals surface area contributed by atoms with E-state index >= 15 is 0 Å². The predicted octanol–water partition coefficient (Wildman–Crippen LogP) is 4.48. The molecule has 0 radical (unpaired) electrons. The monoisotopic (exact) mass is 415 g/mol. The van der Waals surface area contributed by atoms with Gasteiger partial charge >= 0.3 is 0 Å². The Kier molecular flexibility index (Phi) is 6.31. The lowest BCUT2D eigenvalue weighted by molar-refractivity contribution is -0.131. The fourth-order valence-electron chi connectivity index (χ4n) is 4.31. The van der Waals surface area contributed by atoms with Crippen molar-refractivity contribution in [3.63, 3.8) is 0 Å². The summed E-state index contributed by atoms with van der Waals surface area (Å²) >= 11 is 0. The van der Waals surface area contributed by atoms with Crippen molar-refractivity contribution in [3.05, 3.63) is 71.4 Å². The van der Waals surface area contributed by atoms with E-state index in [0.29, 0.717) is 18.4 Å². The van der Waals surface area contributed by atoms with Crippen LogP contribution in [0.25, 0.3) is 10.9 Å². The zero-order valence-corrected chi connectivity index (χ0v) is 18.3. The molecule has 1 amide bonds. The molecule has 0 saturated carbocycles. The smallest absolute Gasteiger partial charge is 0.222 e. The van der Waals surface area contributed by atoms with E-state index in [9.17, 15) is 9.59 Å². The largest absolute Gasteiger partial charge is 0.368 e. The first-order chi connectivity index (χ1) is 15.1. The Hall–Kier alpha value is -3.21. The fourth-order valence-corrected chi connectivity index (χ4v) is 4.31. The molecule has 0 aliphatic carbocycles. The highest BCUT2D eigenvalue weighted by atomic mass is 16.2. The molecular weight excluding hydrogens is 386 g/mol. The molecule has 1 fully saturated rings. The molecule has 2 aromatic carbocycles. The molecule has 5 heteroatoms. The van der Waals surface area contributed by atoms with Crippen molar-refractivity contribution in [1.82, 2.24) is 9.88 Å². The number of benzene rings is 2. The summed E-state index contributed by atoms with van der Waals surface area (Å²) in [4.78, 5) is 33.4. The average molecular weight is 416 g/mol. The van der Waals surface area contributed by atoms with Crippen LogP contribution in [0.2, 0.25) is 0 Å².